The van der Waals surface area contributed by atoms with E-state index in [1.54, 1.807) is 0 Å². The van der Waals surface area contributed by atoms with Gasteiger partial charge in [0, 0.05) is 10.9 Å². The summed E-state index contributed by atoms with van der Waals surface area (Å²) >= 11 is 1.86. The van der Waals surface area contributed by atoms with Crippen LogP contribution in [-0.4, -0.2) is 17.0 Å². The monoisotopic (exact) mass is 248 g/mol. The quantitative estimate of drug-likeness (QED) is 0.860. The Hall–Kier alpha value is -0.960. The molecular formula is C14H20N2S. The molecule has 0 amide bonds. The highest BCUT2D eigenvalue weighted by Crippen LogP contribution is 2.28. The lowest BCUT2D eigenvalue weighted by Crippen LogP contribution is -2.13. The van der Waals surface area contributed by atoms with Crippen molar-refractivity contribution in [1.29, 1.82) is 0 Å². The molecule has 0 radical (unpaired) electrons. The molecule has 17 heavy (non-hydrogen) atoms. The first-order valence-corrected chi connectivity index (χ1v) is 6.99. The molecule has 3 heteroatoms. The van der Waals surface area contributed by atoms with Crippen molar-refractivity contribution in [3.63, 3.8) is 0 Å². The van der Waals surface area contributed by atoms with E-state index in [2.05, 4.69) is 56.2 Å². The molecule has 2 rings (SSSR count). The van der Waals surface area contributed by atoms with Gasteiger partial charge >= 0.3 is 0 Å². The van der Waals surface area contributed by atoms with Crippen molar-refractivity contribution in [3.8, 4) is 0 Å². The molecular weight excluding hydrogens is 228 g/mol. The molecule has 92 valence electrons. The lowest BCUT2D eigenvalue weighted by Gasteiger charge is -2.12. The number of aryl methyl sites for hydroxylation is 2. The average Bonchev–Trinajstić information content (AvgIpc) is 2.64. The zero-order valence-electron chi connectivity index (χ0n) is 10.9. The standard InChI is InChI=1S/C14H20N2S/c1-9(2)13-8-15-14(17-13)16-12-6-10(3)5-11(4)7-12/h5-7,9,13H,8H2,1-4H3,(H,15,16). The Morgan fingerprint density at radius 3 is 2.41 bits per heavy atom. The Kier molecular flexibility index (Phi) is 3.77. The predicted octanol–water partition coefficient (Wildman–Crippen LogP) is 3.84. The van der Waals surface area contributed by atoms with Crippen molar-refractivity contribution in [2.75, 3.05) is 11.9 Å². The molecule has 0 bridgehead atoms. The van der Waals surface area contributed by atoms with E-state index in [4.69, 9.17) is 0 Å². The summed E-state index contributed by atoms with van der Waals surface area (Å²) in [5.74, 6) is 0.683. The minimum atomic E-state index is 0.628. The SMILES string of the molecule is Cc1cc(C)cc(NC2=NCC(C(C)C)S2)c1. The Balaban J connectivity index is 2.03. The molecule has 1 aromatic rings. The molecule has 1 heterocycles. The van der Waals surface area contributed by atoms with Crippen molar-refractivity contribution in [3.05, 3.63) is 29.3 Å². The first-order chi connectivity index (χ1) is 8.04. The van der Waals surface area contributed by atoms with Gasteiger partial charge in [0.2, 0.25) is 0 Å². The van der Waals surface area contributed by atoms with Gasteiger partial charge in [-0.15, -0.1) is 0 Å². The summed E-state index contributed by atoms with van der Waals surface area (Å²) in [4.78, 5) is 4.56. The molecule has 1 aromatic carbocycles. The van der Waals surface area contributed by atoms with Crippen LogP contribution in [0, 0.1) is 19.8 Å². The Labute approximate surface area is 108 Å². The molecule has 0 saturated heterocycles. The van der Waals surface area contributed by atoms with Crippen LogP contribution in [0.2, 0.25) is 0 Å². The number of rotatable bonds is 2. The molecule has 0 saturated carbocycles. The second-order valence-corrected chi connectivity index (χ2v) is 6.28. The first-order valence-electron chi connectivity index (χ1n) is 6.11. The number of benzene rings is 1. The third-order valence-electron chi connectivity index (χ3n) is 2.89. The van der Waals surface area contributed by atoms with Crippen molar-refractivity contribution in [1.82, 2.24) is 0 Å². The molecule has 0 spiro atoms. The van der Waals surface area contributed by atoms with Crippen LogP contribution in [0.5, 0.6) is 0 Å². The minimum Gasteiger partial charge on any atom is -0.335 e. The van der Waals surface area contributed by atoms with Gasteiger partial charge in [0.25, 0.3) is 0 Å². The van der Waals surface area contributed by atoms with E-state index in [0.29, 0.717) is 11.2 Å². The van der Waals surface area contributed by atoms with E-state index in [1.165, 1.54) is 11.1 Å². The molecule has 1 atom stereocenters. The van der Waals surface area contributed by atoms with Crippen LogP contribution in [-0.2, 0) is 0 Å². The van der Waals surface area contributed by atoms with E-state index in [0.717, 1.165) is 17.4 Å². The topological polar surface area (TPSA) is 24.4 Å². The maximum atomic E-state index is 4.56. The zero-order chi connectivity index (χ0) is 12.4. The number of nitrogens with one attached hydrogen (secondary N) is 1. The highest BCUT2D eigenvalue weighted by molar-refractivity contribution is 8.15. The Morgan fingerprint density at radius 2 is 1.88 bits per heavy atom. The summed E-state index contributed by atoms with van der Waals surface area (Å²) in [6, 6.07) is 6.52. The van der Waals surface area contributed by atoms with Gasteiger partial charge in [0.15, 0.2) is 5.17 Å². The van der Waals surface area contributed by atoms with Crippen LogP contribution in [0.3, 0.4) is 0 Å². The largest absolute Gasteiger partial charge is 0.335 e. The van der Waals surface area contributed by atoms with Gasteiger partial charge in [-0.1, -0.05) is 31.7 Å². The van der Waals surface area contributed by atoms with E-state index < -0.39 is 0 Å². The van der Waals surface area contributed by atoms with Gasteiger partial charge < -0.3 is 5.32 Å². The maximum Gasteiger partial charge on any atom is 0.161 e. The molecule has 0 aromatic heterocycles. The molecule has 1 aliphatic rings. The van der Waals surface area contributed by atoms with Gasteiger partial charge in [0.1, 0.15) is 0 Å². The number of anilines is 1. The van der Waals surface area contributed by atoms with E-state index in [1.807, 2.05) is 11.8 Å². The lowest BCUT2D eigenvalue weighted by atomic mass is 10.1. The number of amidine groups is 1. The Morgan fingerprint density at radius 1 is 1.24 bits per heavy atom. The van der Waals surface area contributed by atoms with Gasteiger partial charge in [-0.25, -0.2) is 0 Å². The second-order valence-electron chi connectivity index (χ2n) is 5.05. The van der Waals surface area contributed by atoms with E-state index >= 15 is 0 Å². The van der Waals surface area contributed by atoms with Crippen LogP contribution < -0.4 is 5.32 Å². The fraction of sp³-hybridized carbons (Fsp3) is 0.500. The van der Waals surface area contributed by atoms with Gasteiger partial charge in [-0.2, -0.15) is 0 Å². The van der Waals surface area contributed by atoms with Gasteiger partial charge in [0.05, 0.1) is 6.54 Å². The van der Waals surface area contributed by atoms with E-state index in [9.17, 15) is 0 Å². The third-order valence-corrected chi connectivity index (χ3v) is 4.34. The fourth-order valence-electron chi connectivity index (χ4n) is 1.98. The highest BCUT2D eigenvalue weighted by Gasteiger charge is 2.22. The molecule has 1 N–H and O–H groups in total. The normalized spacial score (nSPS) is 19.6. The smallest absolute Gasteiger partial charge is 0.161 e. The van der Waals surface area contributed by atoms with Crippen molar-refractivity contribution in [2.24, 2.45) is 10.9 Å². The maximum absolute atomic E-state index is 4.56. The number of thioether (sulfide) groups is 1. The van der Waals surface area contributed by atoms with Crippen LogP contribution in [0.1, 0.15) is 25.0 Å². The number of nitrogens with zero attached hydrogens (tertiary/aromatic N) is 1. The third kappa shape index (κ3) is 3.25. The predicted molar refractivity (Wildman–Crippen MR) is 78.1 cm³/mol. The summed E-state index contributed by atoms with van der Waals surface area (Å²) in [6.45, 7) is 9.70. The van der Waals surface area contributed by atoms with Crippen LogP contribution in [0.4, 0.5) is 5.69 Å². The van der Waals surface area contributed by atoms with Crippen molar-refractivity contribution < 1.29 is 0 Å². The van der Waals surface area contributed by atoms with Crippen molar-refractivity contribution in [2.45, 2.75) is 32.9 Å². The molecule has 1 unspecified atom stereocenters. The summed E-state index contributed by atoms with van der Waals surface area (Å²) in [5.41, 5.74) is 3.73. The van der Waals surface area contributed by atoms with Gasteiger partial charge in [-0.3, -0.25) is 4.99 Å². The lowest BCUT2D eigenvalue weighted by molar-refractivity contribution is 0.621. The number of hydrogen-bond acceptors (Lipinski definition) is 3. The number of aliphatic imine (C=N–C) groups is 1. The van der Waals surface area contributed by atoms with Crippen LogP contribution in [0.25, 0.3) is 0 Å². The molecule has 0 fully saturated rings. The Bertz CT molecular complexity index is 418. The van der Waals surface area contributed by atoms with Gasteiger partial charge in [-0.05, 0) is 43.0 Å². The van der Waals surface area contributed by atoms with E-state index in [-0.39, 0.29) is 0 Å². The fourth-order valence-corrected chi connectivity index (χ4v) is 3.01. The molecule has 1 aliphatic heterocycles. The summed E-state index contributed by atoms with van der Waals surface area (Å²) in [5, 5.41) is 5.11. The van der Waals surface area contributed by atoms with Crippen molar-refractivity contribution >= 4 is 22.6 Å². The summed E-state index contributed by atoms with van der Waals surface area (Å²) in [7, 11) is 0. The first kappa shape index (κ1) is 12.5. The van der Waals surface area contributed by atoms with Crippen LogP contribution >= 0.6 is 11.8 Å². The number of hydrogen-bond donors (Lipinski definition) is 1. The average molecular weight is 248 g/mol. The van der Waals surface area contributed by atoms with Crippen LogP contribution in [0.15, 0.2) is 23.2 Å². The second kappa shape index (κ2) is 5.13. The molecule has 2 nitrogen and oxygen atoms in total. The summed E-state index contributed by atoms with van der Waals surface area (Å²) < 4.78 is 0. The minimum absolute atomic E-state index is 0.628. The molecule has 0 aliphatic carbocycles. The summed E-state index contributed by atoms with van der Waals surface area (Å²) in [6.07, 6.45) is 0. The zero-order valence-corrected chi connectivity index (χ0v) is 11.8. The highest BCUT2D eigenvalue weighted by atomic mass is 32.2.